The summed E-state index contributed by atoms with van der Waals surface area (Å²) in [6.07, 6.45) is -4.51. The Morgan fingerprint density at radius 3 is 2.20 bits per heavy atom. The van der Waals surface area contributed by atoms with Gasteiger partial charge in [-0.1, -0.05) is 0 Å². The molecule has 1 saturated heterocycles. The maximum Gasteiger partial charge on any atom is 0.412 e. The molecule has 2 atom stereocenters. The number of halogens is 3. The van der Waals surface area contributed by atoms with Crippen molar-refractivity contribution in [3.8, 4) is 0 Å². The van der Waals surface area contributed by atoms with Crippen molar-refractivity contribution in [3.63, 3.8) is 0 Å². The Morgan fingerprint density at radius 1 is 1.40 bits per heavy atom. The molecule has 2 unspecified atom stereocenters. The van der Waals surface area contributed by atoms with Gasteiger partial charge in [0.15, 0.2) is 6.04 Å². The van der Waals surface area contributed by atoms with Crippen molar-refractivity contribution in [1.29, 1.82) is 0 Å². The van der Waals surface area contributed by atoms with Crippen molar-refractivity contribution in [2.75, 3.05) is 6.54 Å². The quantitative estimate of drug-likeness (QED) is 0.629. The number of rotatable bonds is 2. The van der Waals surface area contributed by atoms with E-state index in [-0.39, 0.29) is 13.0 Å². The van der Waals surface area contributed by atoms with Crippen LogP contribution in [0.2, 0.25) is 0 Å². The number of amides is 2. The van der Waals surface area contributed by atoms with E-state index in [0.717, 1.165) is 4.90 Å². The molecule has 1 rings (SSSR count). The third-order valence-corrected chi connectivity index (χ3v) is 2.25. The molecule has 0 aromatic heterocycles. The molecule has 0 saturated carbocycles. The molecule has 0 aliphatic carbocycles. The molecule has 0 aromatic rings. The van der Waals surface area contributed by atoms with Crippen molar-refractivity contribution >= 4 is 11.8 Å². The second-order valence-electron chi connectivity index (χ2n) is 3.26. The maximum absolute atomic E-state index is 12.1. The smallest absolute Gasteiger partial charge is 0.368 e. The maximum atomic E-state index is 12.1. The summed E-state index contributed by atoms with van der Waals surface area (Å²) in [7, 11) is 0. The fourth-order valence-corrected chi connectivity index (χ4v) is 1.27. The summed E-state index contributed by atoms with van der Waals surface area (Å²) < 4.78 is 36.2. The molecule has 86 valence electrons. The number of hydrogen-bond donors (Lipinski definition) is 2. The molecule has 2 amide bonds. The van der Waals surface area contributed by atoms with Crippen LogP contribution in [0.15, 0.2) is 0 Å². The second-order valence-corrected chi connectivity index (χ2v) is 3.26. The Balaban J connectivity index is 2.66. The summed E-state index contributed by atoms with van der Waals surface area (Å²) in [5.74, 6) is -2.12. The Kier molecular flexibility index (Phi) is 2.89. The first-order valence-corrected chi connectivity index (χ1v) is 4.17. The van der Waals surface area contributed by atoms with Crippen molar-refractivity contribution in [2.24, 2.45) is 11.5 Å². The molecule has 15 heavy (non-hydrogen) atoms. The first-order chi connectivity index (χ1) is 6.75. The molecular weight excluding hydrogens is 215 g/mol. The van der Waals surface area contributed by atoms with Gasteiger partial charge in [-0.15, -0.1) is 0 Å². The van der Waals surface area contributed by atoms with E-state index < -0.39 is 30.1 Å². The highest BCUT2D eigenvalue weighted by atomic mass is 19.4. The van der Waals surface area contributed by atoms with Crippen molar-refractivity contribution < 1.29 is 22.8 Å². The van der Waals surface area contributed by atoms with Gasteiger partial charge < -0.3 is 16.4 Å². The van der Waals surface area contributed by atoms with Crippen LogP contribution in [0, 0.1) is 0 Å². The minimum absolute atomic E-state index is 0.0796. The average Bonchev–Trinajstić information content (AvgIpc) is 1.97. The summed E-state index contributed by atoms with van der Waals surface area (Å²) in [5, 5.41) is 0. The van der Waals surface area contributed by atoms with Crippen molar-refractivity contribution in [3.05, 3.63) is 0 Å². The van der Waals surface area contributed by atoms with Crippen LogP contribution in [0.25, 0.3) is 0 Å². The van der Waals surface area contributed by atoms with Crippen LogP contribution in [-0.2, 0) is 9.59 Å². The van der Waals surface area contributed by atoms with Gasteiger partial charge in [-0.05, 0) is 6.42 Å². The Bertz CT molecular complexity index is 292. The molecule has 1 aliphatic heterocycles. The lowest BCUT2D eigenvalue weighted by atomic mass is 10.0. The van der Waals surface area contributed by atoms with Crippen LogP contribution in [0.3, 0.4) is 0 Å². The Hall–Kier alpha value is -1.31. The summed E-state index contributed by atoms with van der Waals surface area (Å²) >= 11 is 0. The highest BCUT2D eigenvalue weighted by Crippen LogP contribution is 2.24. The molecule has 4 N–H and O–H groups in total. The van der Waals surface area contributed by atoms with E-state index in [4.69, 9.17) is 11.5 Å². The molecule has 0 bridgehead atoms. The van der Waals surface area contributed by atoms with Gasteiger partial charge >= 0.3 is 6.18 Å². The molecule has 1 aliphatic rings. The number of alkyl halides is 3. The van der Waals surface area contributed by atoms with E-state index in [1.165, 1.54) is 0 Å². The number of likely N-dealkylation sites (tertiary alicyclic amines) is 1. The molecule has 1 heterocycles. The van der Waals surface area contributed by atoms with Gasteiger partial charge in [-0.3, -0.25) is 9.59 Å². The van der Waals surface area contributed by atoms with E-state index in [2.05, 4.69) is 0 Å². The molecule has 1 fully saturated rings. The lowest BCUT2D eigenvalue weighted by Crippen LogP contribution is -2.63. The summed E-state index contributed by atoms with van der Waals surface area (Å²) in [6, 6.07) is -3.54. The van der Waals surface area contributed by atoms with Gasteiger partial charge in [0.05, 0.1) is 0 Å². The van der Waals surface area contributed by atoms with Gasteiger partial charge in [0, 0.05) is 6.54 Å². The second kappa shape index (κ2) is 3.69. The topological polar surface area (TPSA) is 89.4 Å². The lowest BCUT2D eigenvalue weighted by molar-refractivity contribution is -0.176. The van der Waals surface area contributed by atoms with Gasteiger partial charge in [0.25, 0.3) is 0 Å². The summed E-state index contributed by atoms with van der Waals surface area (Å²) in [5.41, 5.74) is 9.58. The van der Waals surface area contributed by atoms with Crippen LogP contribution >= 0.6 is 0 Å². The fraction of sp³-hybridized carbons (Fsp3) is 0.714. The van der Waals surface area contributed by atoms with E-state index in [1.807, 2.05) is 0 Å². The van der Waals surface area contributed by atoms with Crippen LogP contribution in [0.1, 0.15) is 6.42 Å². The van der Waals surface area contributed by atoms with Crippen LogP contribution < -0.4 is 11.5 Å². The normalized spacial score (nSPS) is 23.2. The first kappa shape index (κ1) is 11.8. The SMILES string of the molecule is NC(=O)C1CCN1C(=O)C(N)C(F)(F)F. The number of hydrogen-bond acceptors (Lipinski definition) is 3. The molecule has 0 spiro atoms. The lowest BCUT2D eigenvalue weighted by Gasteiger charge is -2.40. The van der Waals surface area contributed by atoms with Crippen molar-refractivity contribution in [2.45, 2.75) is 24.7 Å². The first-order valence-electron chi connectivity index (χ1n) is 4.17. The predicted molar refractivity (Wildman–Crippen MR) is 43.3 cm³/mol. The Morgan fingerprint density at radius 2 is 1.93 bits per heavy atom. The van der Waals surface area contributed by atoms with E-state index in [0.29, 0.717) is 0 Å². The molecule has 0 aromatic carbocycles. The van der Waals surface area contributed by atoms with Crippen molar-refractivity contribution in [1.82, 2.24) is 4.90 Å². The summed E-state index contributed by atoms with van der Waals surface area (Å²) in [6.45, 7) is 0.0796. The molecule has 0 radical (unpaired) electrons. The molecular formula is C7H10F3N3O2. The third-order valence-electron chi connectivity index (χ3n) is 2.25. The van der Waals surface area contributed by atoms with Gasteiger partial charge in [-0.2, -0.15) is 13.2 Å². The number of nitrogens with zero attached hydrogens (tertiary/aromatic N) is 1. The fourth-order valence-electron chi connectivity index (χ4n) is 1.27. The molecule has 8 heteroatoms. The largest absolute Gasteiger partial charge is 0.412 e. The molecule has 5 nitrogen and oxygen atoms in total. The minimum Gasteiger partial charge on any atom is -0.368 e. The summed E-state index contributed by atoms with van der Waals surface area (Å²) in [4.78, 5) is 22.6. The predicted octanol–water partition coefficient (Wildman–Crippen LogP) is -1.04. The number of nitrogens with two attached hydrogens (primary N) is 2. The number of carbonyl (C=O) groups excluding carboxylic acids is 2. The average molecular weight is 225 g/mol. The zero-order valence-corrected chi connectivity index (χ0v) is 7.62. The van der Waals surface area contributed by atoms with Gasteiger partial charge in [-0.25, -0.2) is 0 Å². The zero-order chi connectivity index (χ0) is 11.8. The van der Waals surface area contributed by atoms with Gasteiger partial charge in [0.2, 0.25) is 11.8 Å². The number of carbonyl (C=O) groups is 2. The van der Waals surface area contributed by atoms with E-state index in [1.54, 1.807) is 0 Å². The van der Waals surface area contributed by atoms with E-state index >= 15 is 0 Å². The van der Waals surface area contributed by atoms with Crippen LogP contribution in [0.5, 0.6) is 0 Å². The minimum atomic E-state index is -4.80. The Labute approximate surface area is 83.2 Å². The van der Waals surface area contributed by atoms with E-state index in [9.17, 15) is 22.8 Å². The zero-order valence-electron chi connectivity index (χ0n) is 7.62. The third kappa shape index (κ3) is 2.20. The highest BCUT2D eigenvalue weighted by Gasteiger charge is 2.48. The van der Waals surface area contributed by atoms with Crippen LogP contribution in [0.4, 0.5) is 13.2 Å². The standard InChI is InChI=1S/C7H10F3N3O2/c8-7(9,10)4(11)6(15)13-2-1-3(13)5(12)14/h3-4H,1-2,11H2,(H2,12,14). The van der Waals surface area contributed by atoms with Crippen LogP contribution in [-0.4, -0.2) is 41.5 Å². The highest BCUT2D eigenvalue weighted by molar-refractivity contribution is 5.90. The monoisotopic (exact) mass is 225 g/mol. The van der Waals surface area contributed by atoms with Gasteiger partial charge in [0.1, 0.15) is 6.04 Å². The number of primary amides is 1.